The number of amides is 1. The molecule has 9 nitrogen and oxygen atoms in total. The summed E-state index contributed by atoms with van der Waals surface area (Å²) in [6.07, 6.45) is 4.93. The number of nitrogens with one attached hydrogen (secondary N) is 2. The number of rotatable bonds is 6. The molecule has 1 aliphatic carbocycles. The number of carbonyl (C=O) groups excluding carboxylic acids is 1. The SMILES string of the molecule is CC(=O)N[C@H]1CC[C@H](n2c(=O)c(-c3ccc(Cl)cc3)cc3cnc(Nc4ccc(N5CCN(C)CC5)c(C)c4)nc32)CC1. The molecule has 6 rings (SSSR count). The minimum atomic E-state index is -0.0881. The summed E-state index contributed by atoms with van der Waals surface area (Å²) < 4.78 is 1.85. The van der Waals surface area contributed by atoms with E-state index in [2.05, 4.69) is 57.6 Å². The summed E-state index contributed by atoms with van der Waals surface area (Å²) in [5, 5.41) is 7.82. The number of hydrogen-bond acceptors (Lipinski definition) is 7. The number of hydrogen-bond donors (Lipinski definition) is 2. The summed E-state index contributed by atoms with van der Waals surface area (Å²) in [6.45, 7) is 7.82. The van der Waals surface area contributed by atoms with Crippen LogP contribution >= 0.6 is 11.6 Å². The van der Waals surface area contributed by atoms with Gasteiger partial charge in [-0.25, -0.2) is 4.98 Å². The van der Waals surface area contributed by atoms with E-state index in [0.717, 1.165) is 68.5 Å². The van der Waals surface area contributed by atoms with Gasteiger partial charge in [0.1, 0.15) is 5.65 Å². The van der Waals surface area contributed by atoms with E-state index in [4.69, 9.17) is 16.6 Å². The van der Waals surface area contributed by atoms with Gasteiger partial charge < -0.3 is 20.4 Å². The van der Waals surface area contributed by atoms with Gasteiger partial charge in [-0.2, -0.15) is 4.98 Å². The number of fused-ring (bicyclic) bond motifs is 1. The lowest BCUT2D eigenvalue weighted by Crippen LogP contribution is -2.44. The fourth-order valence-corrected chi connectivity index (χ4v) is 6.51. The molecule has 0 atom stereocenters. The first-order valence-corrected chi connectivity index (χ1v) is 15.4. The van der Waals surface area contributed by atoms with Crippen molar-refractivity contribution in [1.82, 2.24) is 24.8 Å². The summed E-state index contributed by atoms with van der Waals surface area (Å²) in [6, 6.07) is 15.6. The predicted octanol–water partition coefficient (Wildman–Crippen LogP) is 5.54. The number of benzene rings is 2. The van der Waals surface area contributed by atoms with Crippen LogP contribution in [0.1, 0.15) is 44.2 Å². The van der Waals surface area contributed by atoms with Crippen molar-refractivity contribution in [2.24, 2.45) is 0 Å². The van der Waals surface area contributed by atoms with Crippen LogP contribution in [0.25, 0.3) is 22.2 Å². The molecule has 0 bridgehead atoms. The molecule has 1 amide bonds. The number of carbonyl (C=O) groups is 1. The Morgan fingerprint density at radius 3 is 2.37 bits per heavy atom. The molecule has 4 aromatic rings. The molecule has 0 unspecified atom stereocenters. The largest absolute Gasteiger partial charge is 0.369 e. The highest BCUT2D eigenvalue weighted by molar-refractivity contribution is 6.30. The Morgan fingerprint density at radius 2 is 1.70 bits per heavy atom. The molecule has 43 heavy (non-hydrogen) atoms. The number of pyridine rings is 1. The number of nitrogens with zero attached hydrogens (tertiary/aromatic N) is 5. The average molecular weight is 600 g/mol. The van der Waals surface area contributed by atoms with E-state index in [1.807, 2.05) is 22.8 Å². The molecular weight excluding hydrogens is 562 g/mol. The lowest BCUT2D eigenvalue weighted by Gasteiger charge is -2.35. The fraction of sp³-hybridized carbons (Fsp3) is 0.394. The standard InChI is InChI=1S/C33H38ClN7O2/c1-21-18-27(10-13-30(21)40-16-14-39(3)15-17-40)37-33-35-20-24-19-29(23-4-6-25(34)7-5-23)32(43)41(31(24)38-33)28-11-8-26(9-12-28)36-22(2)42/h4-7,10,13,18-20,26,28H,8-9,11-12,14-17H2,1-3H3,(H,36,42)(H,35,37,38)/t26-,28-. The maximum Gasteiger partial charge on any atom is 0.260 e. The highest BCUT2D eigenvalue weighted by Crippen LogP contribution is 2.32. The third-order valence-electron chi connectivity index (χ3n) is 8.69. The van der Waals surface area contributed by atoms with E-state index in [1.165, 1.54) is 11.3 Å². The van der Waals surface area contributed by atoms with Crippen LogP contribution in [0.3, 0.4) is 0 Å². The van der Waals surface area contributed by atoms with E-state index in [9.17, 15) is 9.59 Å². The molecule has 1 saturated carbocycles. The van der Waals surface area contributed by atoms with E-state index in [-0.39, 0.29) is 23.6 Å². The molecule has 3 heterocycles. The van der Waals surface area contributed by atoms with Gasteiger partial charge in [-0.3, -0.25) is 14.2 Å². The van der Waals surface area contributed by atoms with Crippen LogP contribution in [-0.2, 0) is 4.79 Å². The van der Waals surface area contributed by atoms with Crippen molar-refractivity contribution >= 4 is 45.9 Å². The van der Waals surface area contributed by atoms with Crippen molar-refractivity contribution in [3.8, 4) is 11.1 Å². The van der Waals surface area contributed by atoms with E-state index in [1.54, 1.807) is 25.3 Å². The topological polar surface area (TPSA) is 95.4 Å². The Labute approximate surface area is 256 Å². The predicted molar refractivity (Wildman–Crippen MR) is 174 cm³/mol. The van der Waals surface area contributed by atoms with Crippen LogP contribution in [0.2, 0.25) is 5.02 Å². The monoisotopic (exact) mass is 599 g/mol. The van der Waals surface area contributed by atoms with Crippen LogP contribution < -0.4 is 21.1 Å². The second-order valence-electron chi connectivity index (χ2n) is 11.8. The van der Waals surface area contributed by atoms with Gasteiger partial charge in [0, 0.05) is 78.7 Å². The molecule has 2 fully saturated rings. The third kappa shape index (κ3) is 6.38. The molecule has 2 aromatic heterocycles. The first-order chi connectivity index (χ1) is 20.7. The Balaban J connectivity index is 1.34. The number of piperazine rings is 1. The molecule has 224 valence electrons. The van der Waals surface area contributed by atoms with Gasteiger partial charge in [0.25, 0.3) is 5.56 Å². The number of aryl methyl sites for hydroxylation is 1. The van der Waals surface area contributed by atoms with Crippen LogP contribution in [0.15, 0.2) is 59.5 Å². The van der Waals surface area contributed by atoms with E-state index >= 15 is 0 Å². The van der Waals surface area contributed by atoms with Gasteiger partial charge >= 0.3 is 0 Å². The van der Waals surface area contributed by atoms with Crippen molar-refractivity contribution in [1.29, 1.82) is 0 Å². The zero-order valence-corrected chi connectivity index (χ0v) is 25.7. The number of aromatic nitrogens is 3. The summed E-state index contributed by atoms with van der Waals surface area (Å²) in [5.41, 5.74) is 5.25. The van der Waals surface area contributed by atoms with Gasteiger partial charge in [-0.1, -0.05) is 23.7 Å². The number of halogens is 1. The molecule has 0 spiro atoms. The van der Waals surface area contributed by atoms with Crippen molar-refractivity contribution in [3.63, 3.8) is 0 Å². The lowest BCUT2D eigenvalue weighted by atomic mass is 9.90. The normalized spacial score (nSPS) is 19.4. The Bertz CT molecular complexity index is 1690. The van der Waals surface area contributed by atoms with Crippen LogP contribution in [0.4, 0.5) is 17.3 Å². The summed E-state index contributed by atoms with van der Waals surface area (Å²) in [7, 11) is 2.16. The highest BCUT2D eigenvalue weighted by Gasteiger charge is 2.26. The first kappa shape index (κ1) is 29.1. The maximum atomic E-state index is 14.1. The Hall–Kier alpha value is -3.95. The van der Waals surface area contributed by atoms with Crippen LogP contribution in [0.5, 0.6) is 0 Å². The number of anilines is 3. The first-order valence-electron chi connectivity index (χ1n) is 15.0. The Kier molecular flexibility index (Phi) is 8.36. The zero-order chi connectivity index (χ0) is 30.1. The molecular formula is C33H38ClN7O2. The van der Waals surface area contributed by atoms with Crippen molar-refractivity contribution in [2.45, 2.75) is 51.6 Å². The zero-order valence-electron chi connectivity index (χ0n) is 24.9. The molecule has 10 heteroatoms. The summed E-state index contributed by atoms with van der Waals surface area (Å²) in [4.78, 5) is 40.1. The molecule has 2 aliphatic rings. The van der Waals surface area contributed by atoms with Crippen molar-refractivity contribution in [2.75, 3.05) is 43.4 Å². The van der Waals surface area contributed by atoms with E-state index < -0.39 is 0 Å². The van der Waals surface area contributed by atoms with Crippen LogP contribution in [-0.4, -0.2) is 64.6 Å². The smallest absolute Gasteiger partial charge is 0.260 e. The Morgan fingerprint density at radius 1 is 0.977 bits per heavy atom. The number of likely N-dealkylation sites (N-methyl/N-ethyl adjacent to an activating group) is 1. The van der Waals surface area contributed by atoms with Crippen LogP contribution in [0, 0.1) is 6.92 Å². The third-order valence-corrected chi connectivity index (χ3v) is 8.95. The quantitative estimate of drug-likeness (QED) is 0.301. The average Bonchev–Trinajstić information content (AvgIpc) is 2.98. The maximum absolute atomic E-state index is 14.1. The van der Waals surface area contributed by atoms with Gasteiger partial charge in [0.05, 0.1) is 0 Å². The highest BCUT2D eigenvalue weighted by atomic mass is 35.5. The molecule has 2 aromatic carbocycles. The molecule has 1 aliphatic heterocycles. The van der Waals surface area contributed by atoms with Crippen molar-refractivity contribution < 1.29 is 4.79 Å². The van der Waals surface area contributed by atoms with Gasteiger partial charge in [0.2, 0.25) is 11.9 Å². The minimum absolute atomic E-state index is 0.0222. The summed E-state index contributed by atoms with van der Waals surface area (Å²) >= 11 is 6.14. The van der Waals surface area contributed by atoms with Gasteiger partial charge in [-0.15, -0.1) is 0 Å². The van der Waals surface area contributed by atoms with Crippen molar-refractivity contribution in [3.05, 3.63) is 75.7 Å². The van der Waals surface area contributed by atoms with Gasteiger partial charge in [-0.05, 0) is 87.2 Å². The molecule has 1 saturated heterocycles. The molecule has 2 N–H and O–H groups in total. The minimum Gasteiger partial charge on any atom is -0.369 e. The van der Waals surface area contributed by atoms with E-state index in [0.29, 0.717) is 22.2 Å². The summed E-state index contributed by atoms with van der Waals surface area (Å²) in [5.74, 6) is 0.421. The van der Waals surface area contributed by atoms with Gasteiger partial charge in [0.15, 0.2) is 0 Å². The fourth-order valence-electron chi connectivity index (χ4n) is 6.39. The second-order valence-corrected chi connectivity index (χ2v) is 12.3. The lowest BCUT2D eigenvalue weighted by molar-refractivity contribution is -0.119. The second kappa shape index (κ2) is 12.3. The molecule has 0 radical (unpaired) electrons.